The molecule has 28 heavy (non-hydrogen) atoms. The summed E-state index contributed by atoms with van der Waals surface area (Å²) >= 11 is 1.56. The molecule has 3 aromatic rings. The largest absolute Gasteiger partial charge is 0.487 e. The Morgan fingerprint density at radius 3 is 3.00 bits per heavy atom. The van der Waals surface area contributed by atoms with Crippen molar-refractivity contribution in [3.63, 3.8) is 0 Å². The van der Waals surface area contributed by atoms with Crippen molar-refractivity contribution in [3.05, 3.63) is 63.5 Å². The maximum atomic E-state index is 14.4. The fraction of sp³-hybridized carbons (Fsp3) is 0.286. The fourth-order valence-electron chi connectivity index (χ4n) is 3.33. The molecule has 1 aliphatic heterocycles. The molecule has 2 aromatic heterocycles. The van der Waals surface area contributed by atoms with Crippen LogP contribution in [0.3, 0.4) is 0 Å². The summed E-state index contributed by atoms with van der Waals surface area (Å²) < 4.78 is 20.4. The summed E-state index contributed by atoms with van der Waals surface area (Å²) in [7, 11) is 0. The Balaban J connectivity index is 1.50. The monoisotopic (exact) mass is 397 g/mol. The predicted molar refractivity (Wildman–Crippen MR) is 106 cm³/mol. The quantitative estimate of drug-likeness (QED) is 0.714. The van der Waals surface area contributed by atoms with Crippen molar-refractivity contribution in [1.82, 2.24) is 15.3 Å². The van der Waals surface area contributed by atoms with Gasteiger partial charge in [-0.2, -0.15) is 11.3 Å². The zero-order valence-electron chi connectivity index (χ0n) is 15.7. The Kier molecular flexibility index (Phi) is 5.09. The molecule has 0 unspecified atom stereocenters. The van der Waals surface area contributed by atoms with E-state index in [-0.39, 0.29) is 17.8 Å². The molecule has 0 spiro atoms. The van der Waals surface area contributed by atoms with Gasteiger partial charge in [0.2, 0.25) is 5.91 Å². The van der Waals surface area contributed by atoms with Gasteiger partial charge in [-0.1, -0.05) is 0 Å². The van der Waals surface area contributed by atoms with Crippen molar-refractivity contribution >= 4 is 17.2 Å². The van der Waals surface area contributed by atoms with Gasteiger partial charge in [0.15, 0.2) is 0 Å². The summed E-state index contributed by atoms with van der Waals surface area (Å²) in [5.41, 5.74) is 4.48. The molecule has 1 amide bonds. The van der Waals surface area contributed by atoms with Crippen LogP contribution in [0.5, 0.6) is 5.75 Å². The molecule has 144 valence electrons. The van der Waals surface area contributed by atoms with Crippen molar-refractivity contribution < 1.29 is 13.9 Å². The summed E-state index contributed by atoms with van der Waals surface area (Å²) in [6.07, 6.45) is 2.14. The lowest BCUT2D eigenvalue weighted by molar-refractivity contribution is -0.120. The van der Waals surface area contributed by atoms with E-state index in [0.29, 0.717) is 36.4 Å². The molecule has 4 rings (SSSR count). The van der Waals surface area contributed by atoms with Crippen LogP contribution in [-0.2, 0) is 17.6 Å². The molecule has 1 aliphatic rings. The van der Waals surface area contributed by atoms with Crippen molar-refractivity contribution in [1.29, 1.82) is 0 Å². The van der Waals surface area contributed by atoms with Crippen LogP contribution in [-0.4, -0.2) is 28.5 Å². The first-order valence-corrected chi connectivity index (χ1v) is 10.0. The molecular formula is C21H20FN3O2S. The van der Waals surface area contributed by atoms with Gasteiger partial charge in [-0.05, 0) is 48.4 Å². The molecule has 0 aliphatic carbocycles. The van der Waals surface area contributed by atoms with Crippen LogP contribution in [0.4, 0.5) is 4.39 Å². The van der Waals surface area contributed by atoms with Crippen LogP contribution in [0, 0.1) is 19.7 Å². The van der Waals surface area contributed by atoms with Gasteiger partial charge in [-0.3, -0.25) is 9.78 Å². The maximum absolute atomic E-state index is 14.4. The number of hydrogen-bond acceptors (Lipinski definition) is 5. The first kappa shape index (κ1) is 18.6. The minimum atomic E-state index is -0.310. The van der Waals surface area contributed by atoms with Crippen molar-refractivity contribution in [2.75, 3.05) is 6.54 Å². The van der Waals surface area contributed by atoms with Gasteiger partial charge in [-0.25, -0.2) is 9.37 Å². The van der Waals surface area contributed by atoms with E-state index in [1.54, 1.807) is 23.6 Å². The molecule has 1 N–H and O–H groups in total. The summed E-state index contributed by atoms with van der Waals surface area (Å²) in [5, 5.41) is 6.78. The number of fused-ring (bicyclic) bond motifs is 1. The van der Waals surface area contributed by atoms with E-state index >= 15 is 0 Å². The number of hydrogen-bond donors (Lipinski definition) is 1. The van der Waals surface area contributed by atoms with Gasteiger partial charge >= 0.3 is 0 Å². The summed E-state index contributed by atoms with van der Waals surface area (Å²) in [6.45, 7) is 4.07. The van der Waals surface area contributed by atoms with Crippen LogP contribution in [0.25, 0.3) is 11.3 Å². The lowest BCUT2D eigenvalue weighted by Crippen LogP contribution is -2.35. The summed E-state index contributed by atoms with van der Waals surface area (Å²) in [4.78, 5) is 21.0. The van der Waals surface area contributed by atoms with Crippen molar-refractivity contribution in [3.8, 4) is 17.0 Å². The lowest BCUT2D eigenvalue weighted by Gasteiger charge is -2.14. The minimum absolute atomic E-state index is 0.0703. The smallest absolute Gasteiger partial charge is 0.224 e. The zero-order chi connectivity index (χ0) is 19.7. The molecule has 0 bridgehead atoms. The number of ether oxygens (including phenoxy) is 1. The van der Waals surface area contributed by atoms with Gasteiger partial charge in [0.1, 0.15) is 17.7 Å². The molecule has 0 saturated carbocycles. The number of amides is 1. The Labute approximate surface area is 166 Å². The number of thiophene rings is 1. The second-order valence-corrected chi connectivity index (χ2v) is 7.68. The first-order chi connectivity index (χ1) is 13.5. The third-order valence-corrected chi connectivity index (χ3v) is 5.45. The maximum Gasteiger partial charge on any atom is 0.224 e. The number of benzene rings is 1. The molecule has 1 aromatic carbocycles. The zero-order valence-corrected chi connectivity index (χ0v) is 16.5. The van der Waals surface area contributed by atoms with E-state index in [4.69, 9.17) is 4.74 Å². The highest BCUT2D eigenvalue weighted by Crippen LogP contribution is 2.40. The Morgan fingerprint density at radius 2 is 2.21 bits per heavy atom. The predicted octanol–water partition coefficient (Wildman–Crippen LogP) is 3.62. The Hall–Kier alpha value is -2.80. The number of carbonyl (C=O) groups excluding carboxylic acids is 1. The lowest BCUT2D eigenvalue weighted by atomic mass is 10.0. The average Bonchev–Trinajstić information content (AvgIpc) is 3.33. The summed E-state index contributed by atoms with van der Waals surface area (Å²) in [6, 6.07) is 5.06. The van der Waals surface area contributed by atoms with E-state index in [1.165, 1.54) is 6.07 Å². The van der Waals surface area contributed by atoms with E-state index in [1.807, 2.05) is 30.7 Å². The third kappa shape index (κ3) is 3.75. The van der Waals surface area contributed by atoms with E-state index < -0.39 is 0 Å². The molecular weight excluding hydrogens is 377 g/mol. The van der Waals surface area contributed by atoms with Crippen LogP contribution in [0.2, 0.25) is 0 Å². The number of nitrogens with zero attached hydrogens (tertiary/aromatic N) is 2. The van der Waals surface area contributed by atoms with E-state index in [2.05, 4.69) is 15.3 Å². The second-order valence-electron chi connectivity index (χ2n) is 6.90. The minimum Gasteiger partial charge on any atom is -0.487 e. The molecule has 1 atom stereocenters. The van der Waals surface area contributed by atoms with Gasteiger partial charge in [0.05, 0.1) is 30.0 Å². The Morgan fingerprint density at radius 1 is 1.36 bits per heavy atom. The molecule has 7 heteroatoms. The fourth-order valence-corrected chi connectivity index (χ4v) is 3.99. The van der Waals surface area contributed by atoms with E-state index in [0.717, 1.165) is 22.5 Å². The van der Waals surface area contributed by atoms with Crippen molar-refractivity contribution in [2.45, 2.75) is 32.8 Å². The Bertz CT molecular complexity index is 1020. The number of nitrogens with one attached hydrogen (secondary N) is 1. The molecule has 5 nitrogen and oxygen atoms in total. The highest BCUT2D eigenvalue weighted by atomic mass is 32.1. The van der Waals surface area contributed by atoms with Crippen LogP contribution in [0.15, 0.2) is 35.2 Å². The first-order valence-electron chi connectivity index (χ1n) is 9.07. The molecule has 0 fully saturated rings. The highest BCUT2D eigenvalue weighted by Gasteiger charge is 2.30. The van der Waals surface area contributed by atoms with E-state index in [9.17, 15) is 9.18 Å². The van der Waals surface area contributed by atoms with Gasteiger partial charge in [0.25, 0.3) is 0 Å². The standard InChI is InChI=1S/C21H20FN3O2S/c1-12-9-23-13(2)20(25-12)16-3-4-18(22)17-8-15(27-21(16)17)10-24-19(26)7-14-5-6-28-11-14/h3-6,9,11,15H,7-8,10H2,1-2H3,(H,24,26)/t15-/m0/s1. The number of halogens is 1. The normalized spacial score (nSPS) is 15.2. The SMILES string of the molecule is Cc1cnc(C)c(-c2ccc(F)c3c2O[C@H](CNC(=O)Cc2ccsc2)C3)n1. The number of aryl methyl sites for hydroxylation is 2. The molecule has 0 radical (unpaired) electrons. The topological polar surface area (TPSA) is 64.1 Å². The number of carbonyl (C=O) groups is 1. The third-order valence-electron chi connectivity index (χ3n) is 4.72. The van der Waals surface area contributed by atoms with Crippen LogP contribution >= 0.6 is 11.3 Å². The highest BCUT2D eigenvalue weighted by molar-refractivity contribution is 7.08. The molecule has 0 saturated heterocycles. The van der Waals surface area contributed by atoms with Gasteiger partial charge in [0, 0.05) is 23.7 Å². The number of aromatic nitrogens is 2. The van der Waals surface area contributed by atoms with Crippen LogP contribution < -0.4 is 10.1 Å². The van der Waals surface area contributed by atoms with Gasteiger partial charge < -0.3 is 10.1 Å². The molecule has 3 heterocycles. The average molecular weight is 397 g/mol. The summed E-state index contributed by atoms with van der Waals surface area (Å²) in [5.74, 6) is 0.128. The van der Waals surface area contributed by atoms with Gasteiger partial charge in [-0.15, -0.1) is 0 Å². The van der Waals surface area contributed by atoms with Crippen molar-refractivity contribution in [2.24, 2.45) is 0 Å². The van der Waals surface area contributed by atoms with Crippen LogP contribution in [0.1, 0.15) is 22.5 Å². The second kappa shape index (κ2) is 7.67. The number of rotatable bonds is 5.